The van der Waals surface area contributed by atoms with Crippen LogP contribution in [0.15, 0.2) is 0 Å². The average Bonchev–Trinajstić information content (AvgIpc) is 2.30. The van der Waals surface area contributed by atoms with E-state index in [0.29, 0.717) is 12.5 Å². The molecule has 0 spiro atoms. The van der Waals surface area contributed by atoms with E-state index in [1.807, 2.05) is 0 Å². The topological polar surface area (TPSA) is 54.0 Å². The van der Waals surface area contributed by atoms with Gasteiger partial charge in [-0.05, 0) is 6.42 Å². The largest absolute Gasteiger partial charge is 0.500 e. The number of methoxy groups -OCH3 is 1. The van der Waals surface area contributed by atoms with Gasteiger partial charge in [-0.25, -0.2) is 0 Å². The fraction of sp³-hybridized carbons (Fsp3) is 0.875. The molecular formula is C8H17ClO5Si. The highest BCUT2D eigenvalue weighted by Gasteiger charge is 2.38. The summed E-state index contributed by atoms with van der Waals surface area (Å²) >= 11 is 5.79. The molecule has 0 heterocycles. The second-order valence-electron chi connectivity index (χ2n) is 2.82. The van der Waals surface area contributed by atoms with Gasteiger partial charge in [0.05, 0.1) is 7.11 Å². The Kier molecular flexibility index (Phi) is 7.11. The predicted octanol–water partition coefficient (Wildman–Crippen LogP) is 1.03. The normalized spacial score (nSPS) is 13.7. The molecule has 0 saturated heterocycles. The van der Waals surface area contributed by atoms with Gasteiger partial charge in [0.1, 0.15) is 5.38 Å². The fourth-order valence-corrected chi connectivity index (χ4v) is 3.24. The molecule has 0 aliphatic rings. The Morgan fingerprint density at radius 3 is 2.00 bits per heavy atom. The van der Waals surface area contributed by atoms with E-state index in [1.54, 1.807) is 0 Å². The van der Waals surface area contributed by atoms with Gasteiger partial charge in [0, 0.05) is 27.4 Å². The number of esters is 1. The van der Waals surface area contributed by atoms with E-state index in [-0.39, 0.29) is 0 Å². The van der Waals surface area contributed by atoms with Gasteiger partial charge in [-0.1, -0.05) is 0 Å². The number of halogens is 1. The Morgan fingerprint density at radius 1 is 1.20 bits per heavy atom. The maximum absolute atomic E-state index is 11.0. The standard InChI is InChI=1S/C8H17ClO5Si/c1-11-8(10)7(9)5-6-15(12-2,13-3)14-4/h7H,5-6H2,1-4H3. The van der Waals surface area contributed by atoms with Gasteiger partial charge < -0.3 is 18.0 Å². The van der Waals surface area contributed by atoms with Crippen molar-refractivity contribution in [1.82, 2.24) is 0 Å². The molecule has 0 amide bonds. The number of ether oxygens (including phenoxy) is 1. The van der Waals surface area contributed by atoms with Crippen molar-refractivity contribution in [2.24, 2.45) is 0 Å². The molecule has 0 fully saturated rings. The van der Waals surface area contributed by atoms with Crippen LogP contribution in [0.25, 0.3) is 0 Å². The molecular weight excluding hydrogens is 240 g/mol. The van der Waals surface area contributed by atoms with E-state index in [4.69, 9.17) is 24.9 Å². The second-order valence-corrected chi connectivity index (χ2v) is 6.44. The smallest absolute Gasteiger partial charge is 0.468 e. The molecule has 15 heavy (non-hydrogen) atoms. The van der Waals surface area contributed by atoms with E-state index in [2.05, 4.69) is 4.74 Å². The summed E-state index contributed by atoms with van der Waals surface area (Å²) < 4.78 is 20.1. The van der Waals surface area contributed by atoms with Crippen LogP contribution in [0.5, 0.6) is 0 Å². The van der Waals surface area contributed by atoms with Gasteiger partial charge in [0.2, 0.25) is 0 Å². The van der Waals surface area contributed by atoms with Crippen LogP contribution < -0.4 is 0 Å². The minimum Gasteiger partial charge on any atom is -0.468 e. The molecule has 0 aromatic carbocycles. The first kappa shape index (κ1) is 14.9. The van der Waals surface area contributed by atoms with Crippen molar-refractivity contribution < 1.29 is 22.8 Å². The summed E-state index contributed by atoms with van der Waals surface area (Å²) in [5, 5.41) is -0.692. The van der Waals surface area contributed by atoms with Crippen molar-refractivity contribution in [3.05, 3.63) is 0 Å². The van der Waals surface area contributed by atoms with Gasteiger partial charge in [-0.2, -0.15) is 0 Å². The van der Waals surface area contributed by atoms with Crippen LogP contribution >= 0.6 is 11.6 Å². The number of alkyl halides is 1. The van der Waals surface area contributed by atoms with E-state index in [0.717, 1.165) is 0 Å². The first-order chi connectivity index (χ1) is 7.05. The van der Waals surface area contributed by atoms with Crippen molar-refractivity contribution in [1.29, 1.82) is 0 Å². The van der Waals surface area contributed by atoms with Crippen molar-refractivity contribution in [3.63, 3.8) is 0 Å². The van der Waals surface area contributed by atoms with Crippen LogP contribution in [-0.2, 0) is 22.8 Å². The van der Waals surface area contributed by atoms with E-state index in [1.165, 1.54) is 28.4 Å². The first-order valence-electron chi connectivity index (χ1n) is 4.42. The van der Waals surface area contributed by atoms with Crippen LogP contribution in [0.3, 0.4) is 0 Å². The number of carbonyl (C=O) groups is 1. The number of rotatable bonds is 7. The van der Waals surface area contributed by atoms with Gasteiger partial charge in [-0.15, -0.1) is 11.6 Å². The average molecular weight is 257 g/mol. The maximum atomic E-state index is 11.0. The highest BCUT2D eigenvalue weighted by molar-refractivity contribution is 6.60. The third kappa shape index (κ3) is 4.48. The summed E-state index contributed by atoms with van der Waals surface area (Å²) in [4.78, 5) is 11.0. The maximum Gasteiger partial charge on any atom is 0.500 e. The van der Waals surface area contributed by atoms with Gasteiger partial charge >= 0.3 is 14.8 Å². The number of hydrogen-bond donors (Lipinski definition) is 0. The molecule has 1 unspecified atom stereocenters. The molecule has 0 aromatic rings. The monoisotopic (exact) mass is 256 g/mol. The van der Waals surface area contributed by atoms with Crippen molar-refractivity contribution in [3.8, 4) is 0 Å². The zero-order valence-corrected chi connectivity index (χ0v) is 11.2. The van der Waals surface area contributed by atoms with Crippen LogP contribution in [0, 0.1) is 0 Å². The minimum atomic E-state index is -2.63. The summed E-state index contributed by atoms with van der Waals surface area (Å²) in [6, 6.07) is 0.472. The molecule has 0 aromatic heterocycles. The van der Waals surface area contributed by atoms with Crippen LogP contribution in [0.1, 0.15) is 6.42 Å². The molecule has 90 valence electrons. The Bertz CT molecular complexity index is 189. The van der Waals surface area contributed by atoms with E-state index < -0.39 is 20.2 Å². The predicted molar refractivity (Wildman–Crippen MR) is 57.9 cm³/mol. The lowest BCUT2D eigenvalue weighted by Gasteiger charge is -2.24. The van der Waals surface area contributed by atoms with Gasteiger partial charge in [0.15, 0.2) is 0 Å². The Balaban J connectivity index is 4.16. The number of hydrogen-bond acceptors (Lipinski definition) is 5. The van der Waals surface area contributed by atoms with Crippen molar-refractivity contribution in [2.75, 3.05) is 28.4 Å². The highest BCUT2D eigenvalue weighted by Crippen LogP contribution is 2.19. The summed E-state index contributed by atoms with van der Waals surface area (Å²) in [7, 11) is 3.21. The second kappa shape index (κ2) is 7.18. The zero-order valence-electron chi connectivity index (χ0n) is 9.41. The Hall–Kier alpha value is -0.143. The third-order valence-corrected chi connectivity index (χ3v) is 5.26. The van der Waals surface area contributed by atoms with E-state index in [9.17, 15) is 4.79 Å². The van der Waals surface area contributed by atoms with Crippen LogP contribution in [-0.4, -0.2) is 48.6 Å². The van der Waals surface area contributed by atoms with Crippen molar-refractivity contribution >= 4 is 26.4 Å². The molecule has 1 atom stereocenters. The molecule has 0 aliphatic carbocycles. The highest BCUT2D eigenvalue weighted by atomic mass is 35.5. The molecule has 0 rings (SSSR count). The third-order valence-electron chi connectivity index (χ3n) is 2.09. The van der Waals surface area contributed by atoms with Gasteiger partial charge in [0.25, 0.3) is 0 Å². The summed E-state index contributed by atoms with van der Waals surface area (Å²) in [5.74, 6) is -0.456. The zero-order chi connectivity index (χ0) is 11.9. The molecule has 0 aliphatic heterocycles. The van der Waals surface area contributed by atoms with Gasteiger partial charge in [-0.3, -0.25) is 4.79 Å². The van der Waals surface area contributed by atoms with Crippen LogP contribution in [0.2, 0.25) is 6.04 Å². The lowest BCUT2D eigenvalue weighted by Crippen LogP contribution is -2.43. The molecule has 0 bridgehead atoms. The van der Waals surface area contributed by atoms with Crippen LogP contribution in [0.4, 0.5) is 0 Å². The fourth-order valence-electron chi connectivity index (χ4n) is 1.11. The summed E-state index contributed by atoms with van der Waals surface area (Å²) in [6.45, 7) is 0. The number of carbonyl (C=O) groups excluding carboxylic acids is 1. The molecule has 0 saturated carbocycles. The SMILES string of the molecule is COC(=O)C(Cl)CC[Si](OC)(OC)OC. The minimum absolute atomic E-state index is 0.399. The van der Waals surface area contributed by atoms with E-state index >= 15 is 0 Å². The quantitative estimate of drug-likeness (QED) is 0.387. The summed E-state index contributed by atoms with van der Waals surface area (Å²) in [5.41, 5.74) is 0. The Labute approximate surface area is 96.0 Å². The summed E-state index contributed by atoms with van der Waals surface area (Å²) in [6.07, 6.45) is 0.399. The Morgan fingerprint density at radius 2 is 1.67 bits per heavy atom. The lowest BCUT2D eigenvalue weighted by molar-refractivity contribution is -0.140. The molecule has 7 heteroatoms. The van der Waals surface area contributed by atoms with Crippen molar-refractivity contribution in [2.45, 2.75) is 17.8 Å². The molecule has 0 radical (unpaired) electrons. The first-order valence-corrected chi connectivity index (χ1v) is 6.79. The molecule has 5 nitrogen and oxygen atoms in total. The molecule has 0 N–H and O–H groups in total. The lowest BCUT2D eigenvalue weighted by atomic mass is 10.3.